The van der Waals surface area contributed by atoms with E-state index in [1.807, 2.05) is 18.2 Å². The van der Waals surface area contributed by atoms with Gasteiger partial charge in [-0.25, -0.2) is 0 Å². The van der Waals surface area contributed by atoms with Gasteiger partial charge in [-0.15, -0.1) is 0 Å². The number of ether oxygens (including phenoxy) is 3. The van der Waals surface area contributed by atoms with Gasteiger partial charge >= 0.3 is 0 Å². The maximum absolute atomic E-state index is 5.95. The SMILES string of the molecule is COc1cc2c(c(OC)c1OC)C=CC2N. The second-order valence-corrected chi connectivity index (χ2v) is 3.53. The van der Waals surface area contributed by atoms with Crippen LogP contribution in [0.25, 0.3) is 6.08 Å². The summed E-state index contributed by atoms with van der Waals surface area (Å²) < 4.78 is 15.9. The molecule has 86 valence electrons. The number of benzene rings is 1. The zero-order chi connectivity index (χ0) is 11.7. The van der Waals surface area contributed by atoms with Crippen LogP contribution in [0.4, 0.5) is 0 Å². The number of fused-ring (bicyclic) bond motifs is 1. The summed E-state index contributed by atoms with van der Waals surface area (Å²) in [7, 11) is 4.79. The molecular weight excluding hydrogens is 206 g/mol. The minimum Gasteiger partial charge on any atom is -0.493 e. The molecule has 0 radical (unpaired) electrons. The third-order valence-corrected chi connectivity index (χ3v) is 2.73. The van der Waals surface area contributed by atoms with Crippen LogP contribution in [0.1, 0.15) is 17.2 Å². The molecule has 1 unspecified atom stereocenters. The zero-order valence-electron chi connectivity index (χ0n) is 9.61. The molecule has 0 saturated heterocycles. The van der Waals surface area contributed by atoms with Crippen molar-refractivity contribution >= 4 is 6.08 Å². The van der Waals surface area contributed by atoms with E-state index in [-0.39, 0.29) is 6.04 Å². The zero-order valence-corrected chi connectivity index (χ0v) is 9.61. The van der Waals surface area contributed by atoms with Crippen molar-refractivity contribution in [3.63, 3.8) is 0 Å². The van der Waals surface area contributed by atoms with E-state index >= 15 is 0 Å². The van der Waals surface area contributed by atoms with E-state index in [2.05, 4.69) is 0 Å². The first-order valence-electron chi connectivity index (χ1n) is 4.99. The van der Waals surface area contributed by atoms with Crippen LogP contribution in [-0.2, 0) is 0 Å². The second-order valence-electron chi connectivity index (χ2n) is 3.53. The first-order valence-corrected chi connectivity index (χ1v) is 4.99. The topological polar surface area (TPSA) is 53.7 Å². The monoisotopic (exact) mass is 221 g/mol. The lowest BCUT2D eigenvalue weighted by molar-refractivity contribution is 0.323. The highest BCUT2D eigenvalue weighted by atomic mass is 16.5. The molecule has 0 amide bonds. The average Bonchev–Trinajstić information content (AvgIpc) is 2.68. The van der Waals surface area contributed by atoms with Gasteiger partial charge in [0.25, 0.3) is 0 Å². The predicted octanol–water partition coefficient (Wildman–Crippen LogP) is 1.74. The van der Waals surface area contributed by atoms with Gasteiger partial charge < -0.3 is 19.9 Å². The highest BCUT2D eigenvalue weighted by Crippen LogP contribution is 2.46. The van der Waals surface area contributed by atoms with Crippen LogP contribution in [0.5, 0.6) is 17.2 Å². The highest BCUT2D eigenvalue weighted by Gasteiger charge is 2.24. The highest BCUT2D eigenvalue weighted by molar-refractivity contribution is 5.74. The Hall–Kier alpha value is -1.68. The Morgan fingerprint density at radius 3 is 2.31 bits per heavy atom. The van der Waals surface area contributed by atoms with Gasteiger partial charge in [0.15, 0.2) is 11.5 Å². The summed E-state index contributed by atoms with van der Waals surface area (Å²) in [4.78, 5) is 0. The van der Waals surface area contributed by atoms with Gasteiger partial charge in [-0.3, -0.25) is 0 Å². The van der Waals surface area contributed by atoms with Crippen molar-refractivity contribution in [1.29, 1.82) is 0 Å². The first kappa shape index (κ1) is 10.8. The molecule has 4 nitrogen and oxygen atoms in total. The molecular formula is C12H15NO3. The van der Waals surface area contributed by atoms with Crippen molar-refractivity contribution in [3.05, 3.63) is 23.3 Å². The van der Waals surface area contributed by atoms with Crippen LogP contribution in [0.3, 0.4) is 0 Å². The lowest BCUT2D eigenvalue weighted by atomic mass is 10.1. The molecule has 1 atom stereocenters. The number of nitrogens with two attached hydrogens (primary N) is 1. The van der Waals surface area contributed by atoms with Gasteiger partial charge in [0.1, 0.15) is 0 Å². The van der Waals surface area contributed by atoms with Crippen LogP contribution in [0.2, 0.25) is 0 Å². The largest absolute Gasteiger partial charge is 0.493 e. The van der Waals surface area contributed by atoms with Gasteiger partial charge in [0.2, 0.25) is 5.75 Å². The molecule has 1 aliphatic carbocycles. The predicted molar refractivity (Wildman–Crippen MR) is 62.1 cm³/mol. The molecule has 2 N–H and O–H groups in total. The maximum Gasteiger partial charge on any atom is 0.203 e. The van der Waals surface area contributed by atoms with Gasteiger partial charge in [-0.2, -0.15) is 0 Å². The second kappa shape index (κ2) is 4.06. The molecule has 0 aliphatic heterocycles. The van der Waals surface area contributed by atoms with Crippen LogP contribution in [0, 0.1) is 0 Å². The molecule has 0 aromatic heterocycles. The van der Waals surface area contributed by atoms with E-state index in [1.54, 1.807) is 21.3 Å². The fourth-order valence-corrected chi connectivity index (χ4v) is 1.95. The minimum absolute atomic E-state index is 0.108. The third kappa shape index (κ3) is 1.42. The molecule has 4 heteroatoms. The summed E-state index contributed by atoms with van der Waals surface area (Å²) in [5, 5.41) is 0. The molecule has 0 heterocycles. The molecule has 1 aromatic carbocycles. The van der Waals surface area contributed by atoms with Gasteiger partial charge in [0, 0.05) is 11.6 Å². The summed E-state index contributed by atoms with van der Waals surface area (Å²) in [6.45, 7) is 0. The number of rotatable bonds is 3. The summed E-state index contributed by atoms with van der Waals surface area (Å²) in [6.07, 6.45) is 3.87. The quantitative estimate of drug-likeness (QED) is 0.844. The van der Waals surface area contributed by atoms with Crippen molar-refractivity contribution in [2.45, 2.75) is 6.04 Å². The number of hydrogen-bond donors (Lipinski definition) is 1. The van der Waals surface area contributed by atoms with Gasteiger partial charge in [-0.05, 0) is 11.6 Å². The Morgan fingerprint density at radius 1 is 1.06 bits per heavy atom. The Balaban J connectivity index is 2.68. The molecule has 0 saturated carbocycles. The van der Waals surface area contributed by atoms with Crippen LogP contribution >= 0.6 is 0 Å². The Labute approximate surface area is 94.6 Å². The fourth-order valence-electron chi connectivity index (χ4n) is 1.95. The van der Waals surface area contributed by atoms with E-state index < -0.39 is 0 Å². The van der Waals surface area contributed by atoms with Crippen molar-refractivity contribution in [2.24, 2.45) is 5.73 Å². The van der Waals surface area contributed by atoms with Crippen LogP contribution in [0.15, 0.2) is 12.1 Å². The van der Waals surface area contributed by atoms with Crippen molar-refractivity contribution in [3.8, 4) is 17.2 Å². The average molecular weight is 221 g/mol. The number of hydrogen-bond acceptors (Lipinski definition) is 4. The Kier molecular flexibility index (Phi) is 2.75. The Morgan fingerprint density at radius 2 is 1.75 bits per heavy atom. The van der Waals surface area contributed by atoms with Crippen LogP contribution in [-0.4, -0.2) is 21.3 Å². The normalized spacial score (nSPS) is 17.1. The van der Waals surface area contributed by atoms with Gasteiger partial charge in [-0.1, -0.05) is 12.2 Å². The van der Waals surface area contributed by atoms with E-state index in [9.17, 15) is 0 Å². The molecule has 1 aromatic rings. The molecule has 2 rings (SSSR count). The minimum atomic E-state index is -0.108. The fraction of sp³-hybridized carbons (Fsp3) is 0.333. The summed E-state index contributed by atoms with van der Waals surface area (Å²) in [6, 6.07) is 1.78. The summed E-state index contributed by atoms with van der Waals surface area (Å²) in [5.74, 6) is 1.90. The first-order chi connectivity index (χ1) is 7.72. The molecule has 0 fully saturated rings. The maximum atomic E-state index is 5.95. The Bertz CT molecular complexity index is 440. The summed E-state index contributed by atoms with van der Waals surface area (Å²) >= 11 is 0. The number of methoxy groups -OCH3 is 3. The lowest BCUT2D eigenvalue weighted by Crippen LogP contribution is -2.06. The standard InChI is InChI=1S/C12H15NO3/c1-14-10-6-8-7(4-5-9(8)13)11(15-2)12(10)16-3/h4-6,9H,13H2,1-3H3. The van der Waals surface area contributed by atoms with E-state index in [4.69, 9.17) is 19.9 Å². The molecule has 1 aliphatic rings. The van der Waals surface area contributed by atoms with Crippen molar-refractivity contribution in [2.75, 3.05) is 21.3 Å². The van der Waals surface area contributed by atoms with E-state index in [0.29, 0.717) is 17.2 Å². The lowest BCUT2D eigenvalue weighted by Gasteiger charge is -2.16. The van der Waals surface area contributed by atoms with Crippen LogP contribution < -0.4 is 19.9 Å². The van der Waals surface area contributed by atoms with Crippen molar-refractivity contribution < 1.29 is 14.2 Å². The molecule has 16 heavy (non-hydrogen) atoms. The van der Waals surface area contributed by atoms with E-state index in [0.717, 1.165) is 11.1 Å². The van der Waals surface area contributed by atoms with Crippen molar-refractivity contribution in [1.82, 2.24) is 0 Å². The third-order valence-electron chi connectivity index (χ3n) is 2.73. The van der Waals surface area contributed by atoms with E-state index in [1.165, 1.54) is 0 Å². The smallest absolute Gasteiger partial charge is 0.203 e. The van der Waals surface area contributed by atoms with Gasteiger partial charge in [0.05, 0.1) is 21.3 Å². The summed E-state index contributed by atoms with van der Waals surface area (Å²) in [5.41, 5.74) is 7.91. The molecule has 0 bridgehead atoms. The molecule has 0 spiro atoms.